The van der Waals surface area contributed by atoms with Crippen LogP contribution in [0.15, 0.2) is 24.3 Å². The zero-order chi connectivity index (χ0) is 9.80. The molecule has 1 aliphatic rings. The second kappa shape index (κ2) is 4.19. The molecular formula is C13H15N. The number of unbranched alkanes of at least 4 members (excludes halogenated alkanes) is 1. The van der Waals surface area contributed by atoms with E-state index in [1.807, 2.05) is 0 Å². The normalized spacial score (nSPS) is 18.4. The molecule has 72 valence electrons. The molecule has 0 saturated heterocycles. The van der Waals surface area contributed by atoms with E-state index < -0.39 is 0 Å². The quantitative estimate of drug-likeness (QED) is 0.564. The monoisotopic (exact) mass is 185 g/mol. The Bertz CT molecular complexity index is 323. The fourth-order valence-electron chi connectivity index (χ4n) is 2.00. The van der Waals surface area contributed by atoms with Crippen molar-refractivity contribution in [2.24, 2.45) is 0 Å². The standard InChI is InChI=1S/C13H15N/c1-2-3-4-8-12-10-11-7-5-6-9-13(11)14-12/h1,5-7,9,12,14H,3-4,8,10H2. The van der Waals surface area contributed by atoms with Crippen molar-refractivity contribution in [3.63, 3.8) is 0 Å². The molecule has 1 heteroatoms. The van der Waals surface area contributed by atoms with Gasteiger partial charge in [0.25, 0.3) is 0 Å². The Morgan fingerprint density at radius 1 is 1.43 bits per heavy atom. The van der Waals surface area contributed by atoms with Crippen LogP contribution >= 0.6 is 0 Å². The Morgan fingerprint density at radius 3 is 3.07 bits per heavy atom. The molecule has 0 spiro atoms. The van der Waals surface area contributed by atoms with Gasteiger partial charge in [-0.2, -0.15) is 0 Å². The zero-order valence-corrected chi connectivity index (χ0v) is 8.29. The van der Waals surface area contributed by atoms with E-state index in [9.17, 15) is 0 Å². The van der Waals surface area contributed by atoms with Gasteiger partial charge in [0, 0.05) is 18.2 Å². The first-order chi connectivity index (χ1) is 6.90. The molecule has 0 aliphatic carbocycles. The van der Waals surface area contributed by atoms with Gasteiger partial charge >= 0.3 is 0 Å². The van der Waals surface area contributed by atoms with Crippen LogP contribution in [0.4, 0.5) is 5.69 Å². The second-order valence-electron chi connectivity index (χ2n) is 3.80. The van der Waals surface area contributed by atoms with Gasteiger partial charge in [0.1, 0.15) is 0 Å². The predicted molar refractivity (Wildman–Crippen MR) is 60.2 cm³/mol. The first-order valence-corrected chi connectivity index (χ1v) is 5.18. The molecule has 2 rings (SSSR count). The Morgan fingerprint density at radius 2 is 2.29 bits per heavy atom. The number of fused-ring (bicyclic) bond motifs is 1. The van der Waals surface area contributed by atoms with Crippen molar-refractivity contribution in [3.05, 3.63) is 29.8 Å². The highest BCUT2D eigenvalue weighted by atomic mass is 14.9. The van der Waals surface area contributed by atoms with E-state index >= 15 is 0 Å². The number of hydrogen-bond donors (Lipinski definition) is 1. The molecule has 1 N–H and O–H groups in total. The van der Waals surface area contributed by atoms with Crippen LogP contribution in [0.3, 0.4) is 0 Å². The molecule has 0 aromatic heterocycles. The van der Waals surface area contributed by atoms with Gasteiger partial charge in [-0.3, -0.25) is 0 Å². The Hall–Kier alpha value is -1.42. The van der Waals surface area contributed by atoms with Crippen LogP contribution in [0, 0.1) is 12.3 Å². The second-order valence-corrected chi connectivity index (χ2v) is 3.80. The fraction of sp³-hybridized carbons (Fsp3) is 0.385. The van der Waals surface area contributed by atoms with Crippen molar-refractivity contribution < 1.29 is 0 Å². The molecule has 1 aromatic rings. The van der Waals surface area contributed by atoms with E-state index in [1.165, 1.54) is 17.7 Å². The lowest BCUT2D eigenvalue weighted by molar-refractivity contribution is 0.642. The van der Waals surface area contributed by atoms with Crippen LogP contribution < -0.4 is 5.32 Å². The summed E-state index contributed by atoms with van der Waals surface area (Å²) in [7, 11) is 0. The molecule has 1 atom stereocenters. The summed E-state index contributed by atoms with van der Waals surface area (Å²) in [5, 5.41) is 3.52. The fourth-order valence-corrected chi connectivity index (χ4v) is 2.00. The van der Waals surface area contributed by atoms with Gasteiger partial charge in [-0.05, 0) is 30.9 Å². The average Bonchev–Trinajstić information content (AvgIpc) is 2.60. The van der Waals surface area contributed by atoms with Crippen LogP contribution in [0.25, 0.3) is 0 Å². The lowest BCUT2D eigenvalue weighted by Crippen LogP contribution is -2.14. The van der Waals surface area contributed by atoms with E-state index in [0.717, 1.165) is 19.3 Å². The summed E-state index contributed by atoms with van der Waals surface area (Å²) in [6, 6.07) is 9.13. The Balaban J connectivity index is 1.89. The van der Waals surface area contributed by atoms with Gasteiger partial charge in [-0.1, -0.05) is 18.2 Å². The highest BCUT2D eigenvalue weighted by Gasteiger charge is 2.18. The maximum absolute atomic E-state index is 5.23. The molecule has 1 nitrogen and oxygen atoms in total. The molecule has 0 saturated carbocycles. The van der Waals surface area contributed by atoms with Crippen molar-refractivity contribution in [1.82, 2.24) is 0 Å². The Kier molecular flexibility index (Phi) is 2.74. The number of para-hydroxylation sites is 1. The third-order valence-electron chi connectivity index (χ3n) is 2.72. The van der Waals surface area contributed by atoms with Crippen LogP contribution in [-0.4, -0.2) is 6.04 Å². The van der Waals surface area contributed by atoms with Crippen molar-refractivity contribution in [2.75, 3.05) is 5.32 Å². The lowest BCUT2D eigenvalue weighted by Gasteiger charge is -2.09. The van der Waals surface area contributed by atoms with E-state index in [0.29, 0.717) is 6.04 Å². The molecule has 0 bridgehead atoms. The summed E-state index contributed by atoms with van der Waals surface area (Å²) in [6.07, 6.45) is 9.58. The van der Waals surface area contributed by atoms with Crippen molar-refractivity contribution in [1.29, 1.82) is 0 Å². The van der Waals surface area contributed by atoms with Crippen molar-refractivity contribution in [2.45, 2.75) is 31.7 Å². The molecule has 0 amide bonds. The highest BCUT2D eigenvalue weighted by molar-refractivity contribution is 5.56. The van der Waals surface area contributed by atoms with Crippen LogP contribution in [-0.2, 0) is 6.42 Å². The first kappa shape index (κ1) is 9.15. The van der Waals surface area contributed by atoms with Crippen molar-refractivity contribution in [3.8, 4) is 12.3 Å². The van der Waals surface area contributed by atoms with Gasteiger partial charge in [-0.15, -0.1) is 12.3 Å². The molecule has 0 radical (unpaired) electrons. The summed E-state index contributed by atoms with van der Waals surface area (Å²) in [5.41, 5.74) is 2.75. The molecule has 1 unspecified atom stereocenters. The van der Waals surface area contributed by atoms with Gasteiger partial charge in [0.05, 0.1) is 0 Å². The third kappa shape index (κ3) is 1.90. The Labute approximate surface area is 85.5 Å². The van der Waals surface area contributed by atoms with E-state index in [-0.39, 0.29) is 0 Å². The minimum absolute atomic E-state index is 0.598. The maximum atomic E-state index is 5.23. The summed E-state index contributed by atoms with van der Waals surface area (Å²) < 4.78 is 0. The predicted octanol–water partition coefficient (Wildman–Crippen LogP) is 2.83. The van der Waals surface area contributed by atoms with Crippen LogP contribution in [0.1, 0.15) is 24.8 Å². The molecule has 14 heavy (non-hydrogen) atoms. The van der Waals surface area contributed by atoms with Gasteiger partial charge < -0.3 is 5.32 Å². The number of nitrogens with one attached hydrogen (secondary N) is 1. The summed E-state index contributed by atoms with van der Waals surface area (Å²) in [6.45, 7) is 0. The molecule has 0 fully saturated rings. The van der Waals surface area contributed by atoms with Crippen LogP contribution in [0.2, 0.25) is 0 Å². The number of benzene rings is 1. The van der Waals surface area contributed by atoms with E-state index in [4.69, 9.17) is 6.42 Å². The summed E-state index contributed by atoms with van der Waals surface area (Å²) in [5.74, 6) is 2.69. The third-order valence-corrected chi connectivity index (χ3v) is 2.72. The van der Waals surface area contributed by atoms with Gasteiger partial charge in [-0.25, -0.2) is 0 Å². The van der Waals surface area contributed by atoms with Gasteiger partial charge in [0.2, 0.25) is 0 Å². The smallest absolute Gasteiger partial charge is 0.0375 e. The number of rotatable bonds is 3. The number of anilines is 1. The minimum Gasteiger partial charge on any atom is -0.382 e. The highest BCUT2D eigenvalue weighted by Crippen LogP contribution is 2.27. The molecule has 1 aromatic carbocycles. The molecule has 1 aliphatic heterocycles. The average molecular weight is 185 g/mol. The van der Waals surface area contributed by atoms with E-state index in [1.54, 1.807) is 0 Å². The van der Waals surface area contributed by atoms with Gasteiger partial charge in [0.15, 0.2) is 0 Å². The zero-order valence-electron chi connectivity index (χ0n) is 8.29. The number of hydrogen-bond acceptors (Lipinski definition) is 1. The summed E-state index contributed by atoms with van der Waals surface area (Å²) >= 11 is 0. The maximum Gasteiger partial charge on any atom is 0.0375 e. The SMILES string of the molecule is C#CCCCC1Cc2ccccc2N1. The first-order valence-electron chi connectivity index (χ1n) is 5.18. The van der Waals surface area contributed by atoms with Crippen LogP contribution in [0.5, 0.6) is 0 Å². The molecular weight excluding hydrogens is 170 g/mol. The number of terminal acetylenes is 1. The molecule has 1 heterocycles. The van der Waals surface area contributed by atoms with E-state index in [2.05, 4.69) is 35.5 Å². The topological polar surface area (TPSA) is 12.0 Å². The minimum atomic E-state index is 0.598. The largest absolute Gasteiger partial charge is 0.382 e. The summed E-state index contributed by atoms with van der Waals surface area (Å²) in [4.78, 5) is 0. The lowest BCUT2D eigenvalue weighted by atomic mass is 10.1. The van der Waals surface area contributed by atoms with Crippen molar-refractivity contribution >= 4 is 5.69 Å².